The van der Waals surface area contributed by atoms with Crippen molar-refractivity contribution in [2.24, 2.45) is 0 Å². The number of rotatable bonds is 4. The number of carboxylic acids is 2. The monoisotopic (exact) mass is 445 g/mol. The van der Waals surface area contributed by atoms with Gasteiger partial charge in [0.05, 0.1) is 16.5 Å². The normalized spacial score (nSPS) is 19.3. The number of carboxylic acid groups (broad SMARTS) is 2. The third-order valence-corrected chi connectivity index (χ3v) is 7.07. The zero-order valence-electron chi connectivity index (χ0n) is 19.8. The number of allylic oxidation sites excluding steroid dienone is 4. The minimum atomic E-state index is -0.929. The maximum atomic E-state index is 11.5. The maximum Gasteiger partial charge on any atom is 0.335 e. The van der Waals surface area contributed by atoms with Crippen molar-refractivity contribution >= 4 is 29.0 Å². The Hall–Kier alpha value is -3.67. The van der Waals surface area contributed by atoms with Crippen LogP contribution in [0, 0.1) is 0 Å². The average Bonchev–Trinajstić information content (AvgIpc) is 3.06. The van der Waals surface area contributed by atoms with Crippen LogP contribution in [0.4, 0.5) is 11.4 Å². The van der Waals surface area contributed by atoms with Crippen molar-refractivity contribution in [2.75, 3.05) is 19.0 Å². The van der Waals surface area contributed by atoms with Crippen LogP contribution in [-0.2, 0) is 10.8 Å². The number of anilines is 1. The van der Waals surface area contributed by atoms with E-state index in [1.807, 2.05) is 32.3 Å². The summed E-state index contributed by atoms with van der Waals surface area (Å²) in [5, 5.41) is 18.8. The fraction of sp³-hybridized carbons (Fsp3) is 0.296. The quantitative estimate of drug-likeness (QED) is 0.651. The summed E-state index contributed by atoms with van der Waals surface area (Å²) in [5.41, 5.74) is 6.01. The summed E-state index contributed by atoms with van der Waals surface area (Å²) in [5.74, 6) is -1.86. The fourth-order valence-electron chi connectivity index (χ4n) is 5.17. The van der Waals surface area contributed by atoms with E-state index in [0.717, 1.165) is 33.9 Å². The third kappa shape index (κ3) is 3.37. The molecule has 2 aliphatic rings. The van der Waals surface area contributed by atoms with Crippen LogP contribution in [0.2, 0.25) is 0 Å². The van der Waals surface area contributed by atoms with E-state index in [-0.39, 0.29) is 22.0 Å². The summed E-state index contributed by atoms with van der Waals surface area (Å²) >= 11 is 0. The minimum absolute atomic E-state index is 0.287. The van der Waals surface area contributed by atoms with Crippen LogP contribution in [0.15, 0.2) is 60.3 Å². The van der Waals surface area contributed by atoms with Crippen molar-refractivity contribution in [3.8, 4) is 0 Å². The fourth-order valence-corrected chi connectivity index (χ4v) is 5.17. The number of hydrogen-bond acceptors (Lipinski definition) is 3. The van der Waals surface area contributed by atoms with Crippen molar-refractivity contribution in [3.05, 3.63) is 82.6 Å². The molecule has 2 aromatic rings. The van der Waals surface area contributed by atoms with E-state index in [0.29, 0.717) is 0 Å². The Labute approximate surface area is 193 Å². The van der Waals surface area contributed by atoms with Gasteiger partial charge in [0.1, 0.15) is 7.05 Å². The first-order chi connectivity index (χ1) is 15.4. The van der Waals surface area contributed by atoms with Gasteiger partial charge in [-0.1, -0.05) is 19.9 Å². The second-order valence-electron chi connectivity index (χ2n) is 9.74. The number of fused-ring (bicyclic) bond motifs is 2. The lowest BCUT2D eigenvalue weighted by molar-refractivity contribution is -0.401. The van der Waals surface area contributed by atoms with Gasteiger partial charge in [-0.15, -0.1) is 0 Å². The molecule has 33 heavy (non-hydrogen) atoms. The van der Waals surface area contributed by atoms with E-state index >= 15 is 0 Å². The molecule has 0 bridgehead atoms. The van der Waals surface area contributed by atoms with Crippen LogP contribution in [-0.4, -0.2) is 46.5 Å². The zero-order valence-corrected chi connectivity index (χ0v) is 19.8. The SMILES string of the molecule is CN1/C(=C/C=C/C2=[N+](C)c3ccc(C(=O)O)cc3C2(C)C)C(C)(C)c2cc(C(=O)O)ccc21. The molecule has 0 atom stereocenters. The molecule has 0 unspecified atom stereocenters. The first-order valence-electron chi connectivity index (χ1n) is 10.9. The Morgan fingerprint density at radius 2 is 1.48 bits per heavy atom. The average molecular weight is 446 g/mol. The molecule has 6 heteroatoms. The number of aromatic carboxylic acids is 2. The van der Waals surface area contributed by atoms with Gasteiger partial charge in [-0.2, -0.15) is 4.58 Å². The molecule has 4 rings (SSSR count). The standard InChI is InChI=1S/C27H28N2O4/c1-26(2)18-14-16(24(30)31)10-12-20(18)28(5)22(26)8-7-9-23-27(3,4)19-15-17(25(32)33)11-13-21(19)29(23)6/h7-15H,1-6H3,(H-,30,31,32,33)/p+1. The topological polar surface area (TPSA) is 80.8 Å². The van der Waals surface area contributed by atoms with E-state index in [1.54, 1.807) is 24.3 Å². The molecule has 0 spiro atoms. The summed E-state index contributed by atoms with van der Waals surface area (Å²) in [4.78, 5) is 25.0. The van der Waals surface area contributed by atoms with Gasteiger partial charge in [-0.25, -0.2) is 9.59 Å². The molecule has 0 aliphatic carbocycles. The Kier molecular flexibility index (Phi) is 5.08. The molecule has 2 heterocycles. The van der Waals surface area contributed by atoms with E-state index in [9.17, 15) is 19.8 Å². The molecule has 0 aromatic heterocycles. The Bertz CT molecular complexity index is 1300. The van der Waals surface area contributed by atoms with Gasteiger partial charge in [0.2, 0.25) is 5.69 Å². The minimum Gasteiger partial charge on any atom is -0.478 e. The van der Waals surface area contributed by atoms with Gasteiger partial charge < -0.3 is 15.1 Å². The lowest BCUT2D eigenvalue weighted by Crippen LogP contribution is -2.27. The molecule has 0 saturated carbocycles. The van der Waals surface area contributed by atoms with Crippen LogP contribution < -0.4 is 4.90 Å². The highest BCUT2D eigenvalue weighted by molar-refractivity contribution is 6.04. The highest BCUT2D eigenvalue weighted by Gasteiger charge is 2.43. The van der Waals surface area contributed by atoms with E-state index in [2.05, 4.69) is 49.3 Å². The number of benzene rings is 2. The van der Waals surface area contributed by atoms with Gasteiger partial charge in [0, 0.05) is 41.6 Å². The second-order valence-corrected chi connectivity index (χ2v) is 9.74. The van der Waals surface area contributed by atoms with Gasteiger partial charge in [0.15, 0.2) is 5.71 Å². The highest BCUT2D eigenvalue weighted by Crippen LogP contribution is 2.47. The molecule has 0 radical (unpaired) electrons. The van der Waals surface area contributed by atoms with Gasteiger partial charge in [-0.05, 0) is 55.8 Å². The highest BCUT2D eigenvalue weighted by atomic mass is 16.4. The molecule has 0 amide bonds. The van der Waals surface area contributed by atoms with Crippen LogP contribution in [0.3, 0.4) is 0 Å². The number of likely N-dealkylation sites (N-methyl/N-ethyl adjacent to an activating group) is 1. The first kappa shape index (κ1) is 22.5. The summed E-state index contributed by atoms with van der Waals surface area (Å²) in [6.07, 6.45) is 6.17. The van der Waals surface area contributed by atoms with Crippen molar-refractivity contribution in [2.45, 2.75) is 38.5 Å². The van der Waals surface area contributed by atoms with Crippen LogP contribution in [0.1, 0.15) is 59.5 Å². The summed E-state index contributed by atoms with van der Waals surface area (Å²) in [6.45, 7) is 8.40. The number of hydrogen-bond donors (Lipinski definition) is 2. The van der Waals surface area contributed by atoms with Crippen molar-refractivity contribution in [1.29, 1.82) is 0 Å². The summed E-state index contributed by atoms with van der Waals surface area (Å²) < 4.78 is 2.10. The first-order valence-corrected chi connectivity index (χ1v) is 10.9. The summed E-state index contributed by atoms with van der Waals surface area (Å²) in [7, 11) is 3.99. The molecule has 6 nitrogen and oxygen atoms in total. The predicted octanol–water partition coefficient (Wildman–Crippen LogP) is 4.96. The second kappa shape index (κ2) is 7.44. The largest absolute Gasteiger partial charge is 0.478 e. The molecule has 2 aromatic carbocycles. The van der Waals surface area contributed by atoms with Crippen LogP contribution >= 0.6 is 0 Å². The molecular formula is C27H29N2O4+. The van der Waals surface area contributed by atoms with Gasteiger partial charge >= 0.3 is 11.9 Å². The van der Waals surface area contributed by atoms with Crippen molar-refractivity contribution in [1.82, 2.24) is 0 Å². The van der Waals surface area contributed by atoms with Crippen LogP contribution in [0.5, 0.6) is 0 Å². The Morgan fingerprint density at radius 3 is 2.09 bits per heavy atom. The zero-order chi connectivity index (χ0) is 24.3. The summed E-state index contributed by atoms with van der Waals surface area (Å²) in [6, 6.07) is 10.5. The van der Waals surface area contributed by atoms with E-state index in [1.165, 1.54) is 0 Å². The van der Waals surface area contributed by atoms with E-state index in [4.69, 9.17) is 0 Å². The maximum absolute atomic E-state index is 11.5. The van der Waals surface area contributed by atoms with Crippen molar-refractivity contribution in [3.63, 3.8) is 0 Å². The molecule has 2 N–H and O–H groups in total. The molecule has 0 fully saturated rings. The lowest BCUT2D eigenvalue weighted by atomic mass is 9.80. The van der Waals surface area contributed by atoms with Gasteiger partial charge in [0.25, 0.3) is 0 Å². The molecular weight excluding hydrogens is 416 g/mol. The molecule has 0 saturated heterocycles. The van der Waals surface area contributed by atoms with Crippen LogP contribution in [0.25, 0.3) is 0 Å². The van der Waals surface area contributed by atoms with Crippen molar-refractivity contribution < 1.29 is 24.4 Å². The number of carbonyl (C=O) groups is 2. The Balaban J connectivity index is 1.70. The smallest absolute Gasteiger partial charge is 0.335 e. The predicted molar refractivity (Wildman–Crippen MR) is 129 cm³/mol. The Morgan fingerprint density at radius 1 is 0.909 bits per heavy atom. The molecule has 2 aliphatic heterocycles. The number of nitrogens with zero attached hydrogens (tertiary/aromatic N) is 2. The lowest BCUT2D eigenvalue weighted by Gasteiger charge is -2.23. The van der Waals surface area contributed by atoms with Gasteiger partial charge in [-0.3, -0.25) is 0 Å². The molecule has 170 valence electrons. The third-order valence-electron chi connectivity index (χ3n) is 7.07. The van der Waals surface area contributed by atoms with E-state index < -0.39 is 11.9 Å².